The molecule has 35 heavy (non-hydrogen) atoms. The van der Waals surface area contributed by atoms with Crippen molar-refractivity contribution in [2.75, 3.05) is 31.2 Å². The van der Waals surface area contributed by atoms with Gasteiger partial charge in [-0.05, 0) is 37.1 Å². The maximum Gasteiger partial charge on any atom is 0.231 e. The SMILES string of the molecule is [C-]#[N+]c1cnc(NC2CCN(S(C)(=O)=O)CC2)nc1-c1cnn(-c2ccc(CNCC)cc2Cl)c1. The first-order valence-electron chi connectivity index (χ1n) is 11.3. The Labute approximate surface area is 210 Å². The normalized spacial score (nSPS) is 15.1. The second kappa shape index (κ2) is 10.7. The number of nitrogens with one attached hydrogen (secondary N) is 2. The van der Waals surface area contributed by atoms with Crippen molar-refractivity contribution in [3.8, 4) is 16.9 Å². The molecule has 0 saturated carbocycles. The summed E-state index contributed by atoms with van der Waals surface area (Å²) >= 11 is 6.51. The third-order valence-corrected chi connectivity index (χ3v) is 7.45. The molecule has 0 aliphatic carbocycles. The summed E-state index contributed by atoms with van der Waals surface area (Å²) in [6.07, 6.45) is 7.45. The quantitative estimate of drug-likeness (QED) is 0.443. The lowest BCUT2D eigenvalue weighted by Gasteiger charge is -2.30. The molecule has 0 amide bonds. The van der Waals surface area contributed by atoms with E-state index < -0.39 is 10.0 Å². The number of rotatable bonds is 8. The van der Waals surface area contributed by atoms with Gasteiger partial charge < -0.3 is 10.6 Å². The molecule has 10 nitrogen and oxygen atoms in total. The van der Waals surface area contributed by atoms with E-state index in [9.17, 15) is 8.42 Å². The van der Waals surface area contributed by atoms with Crippen LogP contribution in [0.4, 0.5) is 11.6 Å². The van der Waals surface area contributed by atoms with E-state index in [-0.39, 0.29) is 6.04 Å². The van der Waals surface area contributed by atoms with Gasteiger partial charge in [0.2, 0.25) is 21.7 Å². The average molecular weight is 515 g/mol. The van der Waals surface area contributed by atoms with Gasteiger partial charge in [-0.25, -0.2) is 32.2 Å². The van der Waals surface area contributed by atoms with Crippen molar-refractivity contribution >= 4 is 33.3 Å². The standard InChI is InChI=1S/C23H27ClN8O2S/c1-4-26-12-16-5-6-21(19(24)11-16)32-15-17(13-28-32)22-20(25-2)14-27-23(30-22)29-18-7-9-31(10-8-18)35(3,33)34/h5-6,11,13-15,18,26H,4,7-10,12H2,1,3H3,(H,27,29,30). The van der Waals surface area contributed by atoms with Crippen LogP contribution in [0.3, 0.4) is 0 Å². The number of aromatic nitrogens is 4. The smallest absolute Gasteiger partial charge is 0.231 e. The van der Waals surface area contributed by atoms with Crippen LogP contribution >= 0.6 is 11.6 Å². The van der Waals surface area contributed by atoms with Crippen molar-refractivity contribution in [1.82, 2.24) is 29.4 Å². The zero-order valence-corrected chi connectivity index (χ0v) is 21.1. The lowest BCUT2D eigenvalue weighted by Crippen LogP contribution is -2.42. The molecule has 12 heteroatoms. The summed E-state index contributed by atoms with van der Waals surface area (Å²) in [4.78, 5) is 12.4. The highest BCUT2D eigenvalue weighted by atomic mass is 35.5. The molecule has 3 aromatic rings. The summed E-state index contributed by atoms with van der Waals surface area (Å²) in [5.74, 6) is 0.392. The molecule has 2 aromatic heterocycles. The van der Waals surface area contributed by atoms with Gasteiger partial charge in [0.05, 0.1) is 35.4 Å². The summed E-state index contributed by atoms with van der Waals surface area (Å²) in [5, 5.41) is 11.6. The topological polar surface area (TPSA) is 109 Å². The maximum atomic E-state index is 11.7. The first-order chi connectivity index (χ1) is 16.8. The molecule has 0 unspecified atom stereocenters. The van der Waals surface area contributed by atoms with E-state index in [0.717, 1.165) is 24.3 Å². The van der Waals surface area contributed by atoms with Crippen LogP contribution in [0, 0.1) is 6.57 Å². The van der Waals surface area contributed by atoms with Gasteiger partial charge in [-0.15, -0.1) is 0 Å². The second-order valence-electron chi connectivity index (χ2n) is 8.36. The minimum Gasteiger partial charge on any atom is -0.351 e. The fourth-order valence-corrected chi connectivity index (χ4v) is 5.11. The van der Waals surface area contributed by atoms with E-state index in [0.29, 0.717) is 53.8 Å². The van der Waals surface area contributed by atoms with Gasteiger partial charge in [-0.3, -0.25) is 0 Å². The van der Waals surface area contributed by atoms with Gasteiger partial charge in [0.1, 0.15) is 0 Å². The van der Waals surface area contributed by atoms with E-state index in [1.165, 1.54) is 16.8 Å². The van der Waals surface area contributed by atoms with Crippen molar-refractivity contribution in [1.29, 1.82) is 0 Å². The molecule has 2 N–H and O–H groups in total. The van der Waals surface area contributed by atoms with Crippen molar-refractivity contribution < 1.29 is 8.42 Å². The monoisotopic (exact) mass is 514 g/mol. The number of hydrogen-bond acceptors (Lipinski definition) is 7. The summed E-state index contributed by atoms with van der Waals surface area (Å²) in [6.45, 7) is 12.1. The molecule has 1 saturated heterocycles. The van der Waals surface area contributed by atoms with Crippen molar-refractivity contribution in [2.45, 2.75) is 32.4 Å². The highest BCUT2D eigenvalue weighted by Crippen LogP contribution is 2.31. The second-order valence-corrected chi connectivity index (χ2v) is 10.7. The van der Waals surface area contributed by atoms with Crippen molar-refractivity contribution in [2.24, 2.45) is 0 Å². The Balaban J connectivity index is 1.53. The molecule has 1 aliphatic rings. The molecule has 1 aliphatic heterocycles. The van der Waals surface area contributed by atoms with E-state index >= 15 is 0 Å². The molecule has 1 fully saturated rings. The predicted octanol–water partition coefficient (Wildman–Crippen LogP) is 3.48. The number of piperidine rings is 1. The van der Waals surface area contributed by atoms with Crippen molar-refractivity contribution in [3.05, 3.63) is 58.8 Å². The molecule has 3 heterocycles. The molecular weight excluding hydrogens is 488 g/mol. The van der Waals surface area contributed by atoms with Crippen LogP contribution < -0.4 is 10.6 Å². The molecule has 0 spiro atoms. The Hall–Kier alpha value is -3.04. The minimum absolute atomic E-state index is 0.0434. The Morgan fingerprint density at radius 1 is 1.26 bits per heavy atom. The van der Waals surface area contributed by atoms with Crippen LogP contribution in [-0.2, 0) is 16.6 Å². The van der Waals surface area contributed by atoms with Crippen LogP contribution in [0.2, 0.25) is 5.02 Å². The molecule has 184 valence electrons. The minimum atomic E-state index is -3.19. The van der Waals surface area contributed by atoms with Gasteiger partial charge >= 0.3 is 0 Å². The zero-order valence-electron chi connectivity index (χ0n) is 19.6. The fourth-order valence-electron chi connectivity index (χ4n) is 3.95. The molecular formula is C23H27ClN8O2S. The third-order valence-electron chi connectivity index (χ3n) is 5.84. The predicted molar refractivity (Wildman–Crippen MR) is 136 cm³/mol. The van der Waals surface area contributed by atoms with Crippen LogP contribution in [0.25, 0.3) is 21.8 Å². The zero-order chi connectivity index (χ0) is 25.0. The van der Waals surface area contributed by atoms with E-state index in [2.05, 4.69) is 30.5 Å². The van der Waals surface area contributed by atoms with E-state index in [4.69, 9.17) is 18.2 Å². The van der Waals surface area contributed by atoms with Gasteiger partial charge in [0, 0.05) is 43.6 Å². The molecule has 4 rings (SSSR count). The number of halogens is 1. The van der Waals surface area contributed by atoms with Crippen molar-refractivity contribution in [3.63, 3.8) is 0 Å². The molecule has 0 bridgehead atoms. The van der Waals surface area contributed by atoms with Gasteiger partial charge in [-0.2, -0.15) is 5.10 Å². The number of hydrogen-bond donors (Lipinski definition) is 2. The Bertz CT molecular complexity index is 1340. The lowest BCUT2D eigenvalue weighted by molar-refractivity contribution is 0.331. The summed E-state index contributed by atoms with van der Waals surface area (Å²) < 4.78 is 26.6. The fraction of sp³-hybridized carbons (Fsp3) is 0.391. The number of benzene rings is 1. The van der Waals surface area contributed by atoms with Gasteiger partial charge in [-0.1, -0.05) is 24.6 Å². The van der Waals surface area contributed by atoms with Gasteiger partial charge in [0.25, 0.3) is 0 Å². The molecule has 0 radical (unpaired) electrons. The highest BCUT2D eigenvalue weighted by Gasteiger charge is 2.25. The maximum absolute atomic E-state index is 11.7. The number of anilines is 1. The van der Waals surface area contributed by atoms with E-state index in [1.54, 1.807) is 17.1 Å². The van der Waals surface area contributed by atoms with Crippen LogP contribution in [0.5, 0.6) is 0 Å². The Kier molecular flexibility index (Phi) is 7.66. The third kappa shape index (κ3) is 5.97. The first-order valence-corrected chi connectivity index (χ1v) is 13.5. The average Bonchev–Trinajstić information content (AvgIpc) is 3.32. The molecule has 1 aromatic carbocycles. The number of sulfonamides is 1. The Morgan fingerprint density at radius 3 is 2.69 bits per heavy atom. The lowest BCUT2D eigenvalue weighted by atomic mass is 10.1. The van der Waals surface area contributed by atoms with Crippen LogP contribution in [0.15, 0.2) is 36.8 Å². The number of nitrogens with zero attached hydrogens (tertiary/aromatic N) is 6. The summed E-state index contributed by atoms with van der Waals surface area (Å²) in [6, 6.07) is 5.87. The van der Waals surface area contributed by atoms with Crippen LogP contribution in [-0.4, -0.2) is 64.4 Å². The van der Waals surface area contributed by atoms with Crippen LogP contribution in [0.1, 0.15) is 25.3 Å². The van der Waals surface area contributed by atoms with Gasteiger partial charge in [0.15, 0.2) is 0 Å². The summed E-state index contributed by atoms with van der Waals surface area (Å²) in [7, 11) is -3.19. The largest absolute Gasteiger partial charge is 0.351 e. The summed E-state index contributed by atoms with van der Waals surface area (Å²) in [5.41, 5.74) is 3.26. The highest BCUT2D eigenvalue weighted by molar-refractivity contribution is 7.88. The first kappa shape index (κ1) is 25.1. The van der Waals surface area contributed by atoms with E-state index in [1.807, 2.05) is 25.1 Å². The Morgan fingerprint density at radius 2 is 2.03 bits per heavy atom. The molecule has 0 atom stereocenters.